The van der Waals surface area contributed by atoms with Crippen LogP contribution < -0.4 is 0 Å². The van der Waals surface area contributed by atoms with Gasteiger partial charge in [-0.1, -0.05) is 30.3 Å². The smallest absolute Gasteiger partial charge is 0.154 e. The van der Waals surface area contributed by atoms with Gasteiger partial charge in [0.05, 0.1) is 10.8 Å². The van der Waals surface area contributed by atoms with E-state index in [1.807, 2.05) is 42.5 Å². The second-order valence-corrected chi connectivity index (χ2v) is 5.76. The maximum atomic E-state index is 12.1. The number of fused-ring (bicyclic) bond motifs is 2. The number of rotatable bonds is 0. The molecule has 17 heavy (non-hydrogen) atoms. The number of hydrogen-bond acceptors (Lipinski definition) is 2. The van der Waals surface area contributed by atoms with Crippen LogP contribution in [0.25, 0.3) is 16.8 Å². The molecule has 0 bridgehead atoms. The molecule has 2 aromatic carbocycles. The third kappa shape index (κ3) is 1.63. The van der Waals surface area contributed by atoms with Crippen LogP contribution >= 0.6 is 0 Å². The van der Waals surface area contributed by atoms with Crippen molar-refractivity contribution in [2.24, 2.45) is 0 Å². The van der Waals surface area contributed by atoms with Gasteiger partial charge in [-0.2, -0.15) is 0 Å². The molecule has 1 aliphatic heterocycles. The Bertz CT molecular complexity index is 658. The molecule has 1 heterocycles. The number of aliphatic hydroxyl groups is 1. The molecule has 2 aromatic rings. The molecule has 0 saturated carbocycles. The summed E-state index contributed by atoms with van der Waals surface area (Å²) in [5.41, 5.74) is 0.833. The van der Waals surface area contributed by atoms with Crippen LogP contribution in [-0.4, -0.2) is 14.8 Å². The summed E-state index contributed by atoms with van der Waals surface area (Å²) in [6.07, 6.45) is 1.91. The van der Waals surface area contributed by atoms with Crippen LogP contribution in [0.4, 0.5) is 0 Å². The minimum absolute atomic E-state index is 0.724. The van der Waals surface area contributed by atoms with Gasteiger partial charge in [0.1, 0.15) is 0 Å². The van der Waals surface area contributed by atoms with Gasteiger partial charge in [-0.3, -0.25) is 4.21 Å². The first kappa shape index (κ1) is 10.7. The molecule has 3 heteroatoms. The van der Waals surface area contributed by atoms with E-state index in [1.54, 1.807) is 6.92 Å². The summed E-state index contributed by atoms with van der Waals surface area (Å²) < 4.78 is 12.1. The van der Waals surface area contributed by atoms with Crippen molar-refractivity contribution < 1.29 is 9.32 Å². The summed E-state index contributed by atoms with van der Waals surface area (Å²) in [5.74, 6) is 0. The molecule has 0 aliphatic carbocycles. The van der Waals surface area contributed by atoms with Crippen LogP contribution in [0.1, 0.15) is 12.5 Å². The lowest BCUT2D eigenvalue weighted by atomic mass is 10.0. The third-order valence-corrected chi connectivity index (χ3v) is 4.63. The van der Waals surface area contributed by atoms with Crippen molar-refractivity contribution in [2.45, 2.75) is 17.3 Å². The first-order chi connectivity index (χ1) is 8.16. The lowest BCUT2D eigenvalue weighted by Crippen LogP contribution is -2.19. The van der Waals surface area contributed by atoms with E-state index in [-0.39, 0.29) is 0 Å². The molecule has 0 fully saturated rings. The van der Waals surface area contributed by atoms with Crippen molar-refractivity contribution >= 4 is 27.6 Å². The normalized spacial score (nSPS) is 23.3. The van der Waals surface area contributed by atoms with Gasteiger partial charge >= 0.3 is 0 Å². The summed E-state index contributed by atoms with van der Waals surface area (Å²) in [7, 11) is -1.36. The first-order valence-corrected chi connectivity index (χ1v) is 6.68. The van der Waals surface area contributed by atoms with Crippen LogP contribution in [0.2, 0.25) is 0 Å². The minimum atomic E-state index is -1.36. The largest absolute Gasteiger partial charge is 0.375 e. The Morgan fingerprint density at radius 3 is 2.53 bits per heavy atom. The van der Waals surface area contributed by atoms with Crippen molar-refractivity contribution in [1.29, 1.82) is 0 Å². The highest BCUT2D eigenvalue weighted by Crippen LogP contribution is 2.31. The van der Waals surface area contributed by atoms with Crippen LogP contribution in [0, 0.1) is 0 Å². The third-order valence-electron chi connectivity index (χ3n) is 3.07. The predicted molar refractivity (Wildman–Crippen MR) is 70.0 cm³/mol. The molecule has 0 spiro atoms. The zero-order valence-electron chi connectivity index (χ0n) is 9.38. The fourth-order valence-electron chi connectivity index (χ4n) is 2.13. The summed E-state index contributed by atoms with van der Waals surface area (Å²) in [6, 6.07) is 11.9. The van der Waals surface area contributed by atoms with E-state index in [9.17, 15) is 9.32 Å². The van der Waals surface area contributed by atoms with Crippen molar-refractivity contribution in [3.8, 4) is 0 Å². The molecular weight excluding hydrogens is 232 g/mol. The van der Waals surface area contributed by atoms with Gasteiger partial charge in [-0.05, 0) is 41.0 Å². The maximum Gasteiger partial charge on any atom is 0.154 e. The Morgan fingerprint density at radius 2 is 1.82 bits per heavy atom. The summed E-state index contributed by atoms with van der Waals surface area (Å²) >= 11 is 0. The van der Waals surface area contributed by atoms with Gasteiger partial charge in [0, 0.05) is 4.90 Å². The van der Waals surface area contributed by atoms with Gasteiger partial charge < -0.3 is 5.11 Å². The van der Waals surface area contributed by atoms with Crippen LogP contribution in [0.15, 0.2) is 46.9 Å². The fourth-order valence-corrected chi connectivity index (χ4v) is 3.37. The summed E-state index contributed by atoms with van der Waals surface area (Å²) in [6.45, 7) is 1.81. The molecule has 0 amide bonds. The van der Waals surface area contributed by atoms with Crippen LogP contribution in [0.3, 0.4) is 0 Å². The van der Waals surface area contributed by atoms with Crippen molar-refractivity contribution in [3.63, 3.8) is 0 Å². The van der Waals surface area contributed by atoms with E-state index in [4.69, 9.17) is 0 Å². The highest BCUT2D eigenvalue weighted by molar-refractivity contribution is 7.85. The van der Waals surface area contributed by atoms with E-state index in [1.165, 1.54) is 0 Å². The Balaban J connectivity index is 2.34. The molecule has 1 N–H and O–H groups in total. The van der Waals surface area contributed by atoms with E-state index < -0.39 is 16.2 Å². The standard InChI is InChI=1S/C14H12O2S/c1-9-6-12-7-10-4-2-3-5-11(10)8-13(12)17(16)14(9)15/h2-8,14-15H,1H3. The minimum Gasteiger partial charge on any atom is -0.375 e. The fraction of sp³-hybridized carbons (Fsp3) is 0.143. The van der Waals surface area contributed by atoms with Gasteiger partial charge in [-0.15, -0.1) is 0 Å². The lowest BCUT2D eigenvalue weighted by molar-refractivity contribution is 0.291. The zero-order chi connectivity index (χ0) is 12.0. The molecule has 86 valence electrons. The number of benzene rings is 2. The van der Waals surface area contributed by atoms with Crippen LogP contribution in [0.5, 0.6) is 0 Å². The van der Waals surface area contributed by atoms with Gasteiger partial charge in [-0.25, -0.2) is 0 Å². The number of aliphatic hydroxyl groups excluding tert-OH is 1. The molecule has 3 rings (SSSR count). The van der Waals surface area contributed by atoms with E-state index in [2.05, 4.69) is 0 Å². The van der Waals surface area contributed by atoms with Gasteiger partial charge in [0.15, 0.2) is 5.44 Å². The average molecular weight is 244 g/mol. The molecule has 2 unspecified atom stereocenters. The molecule has 0 aromatic heterocycles. The average Bonchev–Trinajstić information content (AvgIpc) is 2.34. The Morgan fingerprint density at radius 1 is 1.18 bits per heavy atom. The molecule has 0 radical (unpaired) electrons. The maximum absolute atomic E-state index is 12.1. The quantitative estimate of drug-likeness (QED) is 0.773. The first-order valence-electron chi connectivity index (χ1n) is 5.46. The molecule has 2 atom stereocenters. The summed E-state index contributed by atoms with van der Waals surface area (Å²) in [4.78, 5) is 0.724. The van der Waals surface area contributed by atoms with Crippen molar-refractivity contribution in [2.75, 3.05) is 0 Å². The molecule has 0 saturated heterocycles. The van der Waals surface area contributed by atoms with E-state index in [0.717, 1.165) is 26.8 Å². The highest BCUT2D eigenvalue weighted by atomic mass is 32.2. The topological polar surface area (TPSA) is 37.3 Å². The van der Waals surface area contributed by atoms with Crippen molar-refractivity contribution in [3.05, 3.63) is 47.5 Å². The molecular formula is C14H12O2S. The monoisotopic (exact) mass is 244 g/mol. The van der Waals surface area contributed by atoms with E-state index in [0.29, 0.717) is 0 Å². The van der Waals surface area contributed by atoms with Gasteiger partial charge in [0.2, 0.25) is 0 Å². The van der Waals surface area contributed by atoms with Crippen molar-refractivity contribution in [1.82, 2.24) is 0 Å². The molecule has 2 nitrogen and oxygen atoms in total. The van der Waals surface area contributed by atoms with Crippen LogP contribution in [-0.2, 0) is 10.8 Å². The predicted octanol–water partition coefficient (Wildman–Crippen LogP) is 2.68. The Kier molecular flexibility index (Phi) is 2.38. The molecule has 1 aliphatic rings. The second kappa shape index (κ2) is 3.79. The van der Waals surface area contributed by atoms with E-state index >= 15 is 0 Å². The number of hydrogen-bond donors (Lipinski definition) is 1. The highest BCUT2D eigenvalue weighted by Gasteiger charge is 2.24. The Labute approximate surface area is 102 Å². The summed E-state index contributed by atoms with van der Waals surface area (Å²) in [5, 5.41) is 12.0. The zero-order valence-corrected chi connectivity index (χ0v) is 10.2. The lowest BCUT2D eigenvalue weighted by Gasteiger charge is -2.19. The SMILES string of the molecule is CC1=Cc2cc3ccccc3cc2S(=O)C1O. The van der Waals surface area contributed by atoms with Gasteiger partial charge in [0.25, 0.3) is 0 Å². The Hall–Kier alpha value is -1.45. The second-order valence-electron chi connectivity index (χ2n) is 4.28.